The van der Waals surface area contributed by atoms with Crippen molar-refractivity contribution in [3.63, 3.8) is 0 Å². The normalized spacial score (nSPS) is 10.2. The second-order valence-electron chi connectivity index (χ2n) is 3.31. The third-order valence-electron chi connectivity index (χ3n) is 2.02. The van der Waals surface area contributed by atoms with Crippen LogP contribution in [0.25, 0.3) is 0 Å². The van der Waals surface area contributed by atoms with Gasteiger partial charge in [-0.05, 0) is 18.2 Å². The first kappa shape index (κ1) is 12.9. The van der Waals surface area contributed by atoms with Gasteiger partial charge in [0.15, 0.2) is 5.82 Å². The molecule has 92 valence electrons. The van der Waals surface area contributed by atoms with Crippen molar-refractivity contribution in [3.8, 4) is 0 Å². The van der Waals surface area contributed by atoms with Gasteiger partial charge in [0.1, 0.15) is 11.0 Å². The largest absolute Gasteiger partial charge is 0.305 e. The molecule has 2 aromatic rings. The van der Waals surface area contributed by atoms with Crippen LogP contribution in [-0.4, -0.2) is 15.9 Å². The van der Waals surface area contributed by atoms with Crippen LogP contribution in [0.15, 0.2) is 35.1 Å². The van der Waals surface area contributed by atoms with Gasteiger partial charge in [-0.25, -0.2) is 9.37 Å². The van der Waals surface area contributed by atoms with Gasteiger partial charge in [0.25, 0.3) is 5.91 Å². The molecule has 1 N–H and O–H groups in total. The number of hydrogen-bond acceptors (Lipinski definition) is 3. The molecule has 0 unspecified atom stereocenters. The maximum Gasteiger partial charge on any atom is 0.259 e. The van der Waals surface area contributed by atoms with E-state index in [9.17, 15) is 9.18 Å². The Kier molecular flexibility index (Phi) is 3.88. The van der Waals surface area contributed by atoms with E-state index in [1.807, 2.05) is 0 Å². The lowest BCUT2D eigenvalue weighted by Crippen LogP contribution is -2.14. The quantitative estimate of drug-likeness (QED) is 0.919. The Labute approximate surface area is 115 Å². The number of carbonyl (C=O) groups is 1. The number of anilines is 1. The summed E-state index contributed by atoms with van der Waals surface area (Å²) in [6.45, 7) is 0. The van der Waals surface area contributed by atoms with Gasteiger partial charge in [0.2, 0.25) is 0 Å². The molecule has 0 aliphatic heterocycles. The molecule has 1 amide bonds. The lowest BCUT2D eigenvalue weighted by Gasteiger charge is -2.05. The van der Waals surface area contributed by atoms with Gasteiger partial charge < -0.3 is 5.32 Å². The van der Waals surface area contributed by atoms with Gasteiger partial charge in [-0.2, -0.15) is 0 Å². The minimum absolute atomic E-state index is 0.0834. The van der Waals surface area contributed by atoms with E-state index in [2.05, 4.69) is 31.2 Å². The molecule has 1 aromatic carbocycles. The van der Waals surface area contributed by atoms with Crippen LogP contribution < -0.4 is 5.32 Å². The summed E-state index contributed by atoms with van der Waals surface area (Å²) in [7, 11) is 0. The summed E-state index contributed by atoms with van der Waals surface area (Å²) in [4.78, 5) is 19.4. The molecule has 1 aromatic heterocycles. The predicted octanol–water partition coefficient (Wildman–Crippen LogP) is 3.28. The minimum atomic E-state index is -0.628. The fraction of sp³-hybridized carbons (Fsp3) is 0. The summed E-state index contributed by atoms with van der Waals surface area (Å²) in [5.74, 6) is -1.08. The van der Waals surface area contributed by atoms with Crippen molar-refractivity contribution in [2.24, 2.45) is 0 Å². The molecule has 7 heteroatoms. The van der Waals surface area contributed by atoms with Crippen LogP contribution in [0.2, 0.25) is 5.15 Å². The number of aromatic nitrogens is 2. The summed E-state index contributed by atoms with van der Waals surface area (Å²) in [6.07, 6.45) is 2.65. The van der Waals surface area contributed by atoms with Crippen LogP contribution in [0.1, 0.15) is 10.4 Å². The number of nitrogens with one attached hydrogen (secondary N) is 1. The molecule has 0 radical (unpaired) electrons. The topological polar surface area (TPSA) is 54.9 Å². The lowest BCUT2D eigenvalue weighted by atomic mass is 10.2. The zero-order valence-corrected chi connectivity index (χ0v) is 11.2. The van der Waals surface area contributed by atoms with Crippen LogP contribution in [-0.2, 0) is 0 Å². The van der Waals surface area contributed by atoms with Crippen molar-refractivity contribution in [1.82, 2.24) is 9.97 Å². The molecule has 1 heterocycles. The number of hydrogen-bond donors (Lipinski definition) is 1. The highest BCUT2D eigenvalue weighted by Gasteiger charge is 2.12. The van der Waals surface area contributed by atoms with Crippen molar-refractivity contribution in [1.29, 1.82) is 0 Å². The Balaban J connectivity index is 2.22. The average Bonchev–Trinajstić information content (AvgIpc) is 2.28. The summed E-state index contributed by atoms with van der Waals surface area (Å²) in [5.41, 5.74) is -0.0834. The van der Waals surface area contributed by atoms with Gasteiger partial charge in [0.05, 0.1) is 18.0 Å². The Morgan fingerprint density at radius 1 is 1.39 bits per heavy atom. The number of halogens is 3. The Morgan fingerprint density at radius 2 is 2.17 bits per heavy atom. The van der Waals surface area contributed by atoms with Gasteiger partial charge in [-0.15, -0.1) is 0 Å². The lowest BCUT2D eigenvalue weighted by molar-refractivity contribution is 0.102. The molecule has 0 bridgehead atoms. The van der Waals surface area contributed by atoms with E-state index in [1.165, 1.54) is 24.5 Å². The van der Waals surface area contributed by atoms with Crippen molar-refractivity contribution in [3.05, 3.63) is 51.6 Å². The third-order valence-corrected chi connectivity index (χ3v) is 2.70. The van der Waals surface area contributed by atoms with E-state index >= 15 is 0 Å². The molecule has 0 fully saturated rings. The molecule has 0 aliphatic carbocycles. The van der Waals surface area contributed by atoms with E-state index < -0.39 is 11.7 Å². The molecule has 0 saturated heterocycles. The number of carbonyl (C=O) groups excluding carboxylic acids is 1. The maximum atomic E-state index is 13.5. The van der Waals surface area contributed by atoms with E-state index in [0.717, 1.165) is 0 Å². The second-order valence-corrected chi connectivity index (χ2v) is 4.61. The second kappa shape index (κ2) is 5.41. The van der Waals surface area contributed by atoms with Gasteiger partial charge in [-0.3, -0.25) is 9.78 Å². The smallest absolute Gasteiger partial charge is 0.259 e. The summed E-state index contributed by atoms with van der Waals surface area (Å²) < 4.78 is 14.1. The Hall–Kier alpha value is -1.53. The zero-order chi connectivity index (χ0) is 13.1. The highest BCUT2D eigenvalue weighted by molar-refractivity contribution is 9.10. The molecule has 0 saturated carbocycles. The fourth-order valence-corrected chi connectivity index (χ4v) is 1.74. The molecule has 18 heavy (non-hydrogen) atoms. The molecule has 0 aliphatic rings. The molecular weight excluding hydrogens is 324 g/mol. The van der Waals surface area contributed by atoms with E-state index in [0.29, 0.717) is 4.47 Å². The molecule has 0 spiro atoms. The molecule has 2 rings (SSSR count). The van der Waals surface area contributed by atoms with Crippen LogP contribution >= 0.6 is 27.5 Å². The van der Waals surface area contributed by atoms with E-state index in [1.54, 1.807) is 6.07 Å². The summed E-state index contributed by atoms with van der Waals surface area (Å²) >= 11 is 8.73. The average molecular weight is 331 g/mol. The molecule has 0 atom stereocenters. The van der Waals surface area contributed by atoms with Gasteiger partial charge >= 0.3 is 0 Å². The first-order valence-electron chi connectivity index (χ1n) is 4.80. The highest BCUT2D eigenvalue weighted by Crippen LogP contribution is 2.16. The molecule has 4 nitrogen and oxygen atoms in total. The third kappa shape index (κ3) is 3.02. The Morgan fingerprint density at radius 3 is 2.83 bits per heavy atom. The Bertz CT molecular complexity index is 609. The van der Waals surface area contributed by atoms with Crippen molar-refractivity contribution in [2.45, 2.75) is 0 Å². The first-order chi connectivity index (χ1) is 8.56. The summed E-state index contributed by atoms with van der Waals surface area (Å²) in [5, 5.41) is 2.55. The fourth-order valence-electron chi connectivity index (χ4n) is 1.26. The monoisotopic (exact) mass is 329 g/mol. The SMILES string of the molecule is O=C(Nc1cncc(Cl)n1)c1ccc(Br)cc1F. The zero-order valence-electron chi connectivity index (χ0n) is 8.82. The summed E-state index contributed by atoms with van der Waals surface area (Å²) in [6, 6.07) is 4.15. The van der Waals surface area contributed by atoms with Crippen molar-refractivity contribution in [2.75, 3.05) is 5.32 Å². The number of nitrogens with zero attached hydrogens (tertiary/aromatic N) is 2. The first-order valence-corrected chi connectivity index (χ1v) is 5.97. The standard InChI is InChI=1S/C11H6BrClFN3O/c12-6-1-2-7(8(14)3-6)11(18)17-10-5-15-4-9(13)16-10/h1-5H,(H,16,17,18). The van der Waals surface area contributed by atoms with Gasteiger partial charge in [0, 0.05) is 4.47 Å². The molecular formula is C11H6BrClFN3O. The van der Waals surface area contributed by atoms with Crippen LogP contribution in [0, 0.1) is 5.82 Å². The van der Waals surface area contributed by atoms with Crippen molar-refractivity contribution >= 4 is 39.3 Å². The van der Waals surface area contributed by atoms with Crippen LogP contribution in [0.5, 0.6) is 0 Å². The van der Waals surface area contributed by atoms with Crippen molar-refractivity contribution < 1.29 is 9.18 Å². The van der Waals surface area contributed by atoms with Crippen LogP contribution in [0.3, 0.4) is 0 Å². The number of amides is 1. The van der Waals surface area contributed by atoms with Crippen LogP contribution in [0.4, 0.5) is 10.2 Å². The van der Waals surface area contributed by atoms with E-state index in [-0.39, 0.29) is 16.5 Å². The predicted molar refractivity (Wildman–Crippen MR) is 69.1 cm³/mol. The number of benzene rings is 1. The highest BCUT2D eigenvalue weighted by atomic mass is 79.9. The minimum Gasteiger partial charge on any atom is -0.305 e. The maximum absolute atomic E-state index is 13.5. The van der Waals surface area contributed by atoms with E-state index in [4.69, 9.17) is 11.6 Å². The number of rotatable bonds is 2. The van der Waals surface area contributed by atoms with Gasteiger partial charge in [-0.1, -0.05) is 27.5 Å².